The molecule has 0 radical (unpaired) electrons. The zero-order chi connectivity index (χ0) is 24.6. The molecule has 4 aliphatic rings. The number of likely N-dealkylation sites (N-methyl/N-ethyl adjacent to an activating group) is 1. The molecule has 6 rings (SSSR count). The van der Waals surface area contributed by atoms with E-state index in [1.807, 2.05) is 13.0 Å². The lowest BCUT2D eigenvalue weighted by molar-refractivity contribution is 0.219. The molecule has 2 fully saturated rings. The van der Waals surface area contributed by atoms with Gasteiger partial charge in [0.2, 0.25) is 0 Å². The molecule has 0 amide bonds. The van der Waals surface area contributed by atoms with Crippen LogP contribution in [0.5, 0.6) is 0 Å². The van der Waals surface area contributed by atoms with Crippen molar-refractivity contribution in [2.75, 3.05) is 43.4 Å². The third kappa shape index (κ3) is 4.82. The van der Waals surface area contributed by atoms with Gasteiger partial charge in [-0.1, -0.05) is 19.1 Å². The minimum atomic E-state index is 0.292. The molecule has 0 aromatic carbocycles. The van der Waals surface area contributed by atoms with Crippen LogP contribution < -0.4 is 10.2 Å². The molecule has 0 bridgehead atoms. The van der Waals surface area contributed by atoms with Crippen molar-refractivity contribution in [1.82, 2.24) is 30.0 Å². The smallest absolute Gasteiger partial charge is 0.196 e. The van der Waals surface area contributed by atoms with Crippen LogP contribution in [0.15, 0.2) is 64.3 Å². The third-order valence-electron chi connectivity index (χ3n) is 7.49. The number of anilines is 3. The molecule has 8 nitrogen and oxygen atoms in total. The van der Waals surface area contributed by atoms with Gasteiger partial charge in [-0.25, -0.2) is 9.97 Å². The number of aromatic nitrogens is 4. The molecule has 188 valence electrons. The zero-order valence-corrected chi connectivity index (χ0v) is 22.0. The van der Waals surface area contributed by atoms with E-state index in [2.05, 4.69) is 86.8 Å². The number of hydrogen-bond acceptors (Lipinski definition) is 8. The van der Waals surface area contributed by atoms with Crippen molar-refractivity contribution >= 4 is 29.2 Å². The van der Waals surface area contributed by atoms with Gasteiger partial charge in [-0.3, -0.25) is 5.10 Å². The minimum absolute atomic E-state index is 0.292. The summed E-state index contributed by atoms with van der Waals surface area (Å²) in [6.45, 7) is 8.92. The SMILES string of the molecule is Cc1cc(Nc2cc(N3CC(C)C3CN3CCCC3)nc(SC3=CC4=CC=CN(C)C4C=C3)n2)n[nH]1. The number of nitrogens with one attached hydrogen (secondary N) is 2. The Bertz CT molecular complexity index is 1240. The second-order valence-corrected chi connectivity index (χ2v) is 11.3. The van der Waals surface area contributed by atoms with Crippen molar-refractivity contribution in [3.63, 3.8) is 0 Å². The summed E-state index contributed by atoms with van der Waals surface area (Å²) in [6.07, 6.45) is 15.7. The van der Waals surface area contributed by atoms with Gasteiger partial charge in [0.25, 0.3) is 0 Å². The topological polar surface area (TPSA) is 76.2 Å². The van der Waals surface area contributed by atoms with Gasteiger partial charge < -0.3 is 20.0 Å². The number of likely N-dealkylation sites (tertiary alicyclic amines) is 1. The second-order valence-electron chi connectivity index (χ2n) is 10.3. The highest BCUT2D eigenvalue weighted by molar-refractivity contribution is 8.03. The number of allylic oxidation sites excluding steroid dienone is 3. The van der Waals surface area contributed by atoms with Crippen LogP contribution in [0.1, 0.15) is 25.5 Å². The maximum Gasteiger partial charge on any atom is 0.196 e. The number of rotatable bonds is 7. The molecule has 0 saturated carbocycles. The van der Waals surface area contributed by atoms with Gasteiger partial charge >= 0.3 is 0 Å². The lowest BCUT2D eigenvalue weighted by atomic mass is 9.90. The molecule has 1 aliphatic carbocycles. The fraction of sp³-hybridized carbons (Fsp3) is 0.444. The van der Waals surface area contributed by atoms with Gasteiger partial charge in [0, 0.05) is 48.9 Å². The first-order chi connectivity index (χ1) is 17.5. The quantitative estimate of drug-likeness (QED) is 0.537. The standard InChI is InChI=1S/C27H34N8S/c1-18-16-35(23(18)17-34-11-4-5-12-34)26-15-24(28-25-13-19(2)31-32-25)29-27(30-26)36-21-8-9-22-20(14-21)7-6-10-33(22)3/h6-10,13-15,18,22-23H,4-5,11-12,16-17H2,1-3H3,(H2,28,29,30,31,32). The molecule has 36 heavy (non-hydrogen) atoms. The zero-order valence-electron chi connectivity index (χ0n) is 21.2. The Morgan fingerprint density at radius 2 is 2.03 bits per heavy atom. The lowest BCUT2D eigenvalue weighted by Crippen LogP contribution is -2.60. The average molecular weight is 503 g/mol. The number of aromatic amines is 1. The summed E-state index contributed by atoms with van der Waals surface area (Å²) in [4.78, 5) is 18.3. The molecule has 9 heteroatoms. The van der Waals surface area contributed by atoms with Crippen LogP contribution in [-0.4, -0.2) is 75.3 Å². The maximum atomic E-state index is 5.05. The number of aryl methyl sites for hydroxylation is 1. The molecule has 2 N–H and O–H groups in total. The Kier molecular flexibility index (Phi) is 6.35. The van der Waals surface area contributed by atoms with Crippen LogP contribution in [-0.2, 0) is 0 Å². The van der Waals surface area contributed by atoms with Crippen molar-refractivity contribution in [3.8, 4) is 0 Å². The molecule has 2 saturated heterocycles. The molecule has 2 aromatic heterocycles. The van der Waals surface area contributed by atoms with Gasteiger partial charge in [0.1, 0.15) is 11.6 Å². The Morgan fingerprint density at radius 3 is 2.81 bits per heavy atom. The van der Waals surface area contributed by atoms with Crippen LogP contribution in [0.25, 0.3) is 0 Å². The summed E-state index contributed by atoms with van der Waals surface area (Å²) in [5.74, 6) is 3.18. The van der Waals surface area contributed by atoms with Crippen molar-refractivity contribution < 1.29 is 0 Å². The predicted molar refractivity (Wildman–Crippen MR) is 146 cm³/mol. The molecular weight excluding hydrogens is 468 g/mol. The number of H-pyrrole nitrogens is 1. The molecule has 3 unspecified atom stereocenters. The number of thioether (sulfide) groups is 1. The normalized spacial score (nSPS) is 25.5. The van der Waals surface area contributed by atoms with E-state index in [0.717, 1.165) is 46.3 Å². The highest BCUT2D eigenvalue weighted by Crippen LogP contribution is 2.37. The highest BCUT2D eigenvalue weighted by Gasteiger charge is 2.38. The Balaban J connectivity index is 1.27. The van der Waals surface area contributed by atoms with Crippen molar-refractivity contribution in [2.24, 2.45) is 5.92 Å². The van der Waals surface area contributed by atoms with Crippen LogP contribution >= 0.6 is 11.8 Å². The summed E-state index contributed by atoms with van der Waals surface area (Å²) in [6, 6.07) is 4.84. The molecular formula is C27H34N8S. The van der Waals surface area contributed by atoms with E-state index in [4.69, 9.17) is 9.97 Å². The summed E-state index contributed by atoms with van der Waals surface area (Å²) in [5, 5.41) is 11.5. The first-order valence-electron chi connectivity index (χ1n) is 12.9. The van der Waals surface area contributed by atoms with E-state index in [0.29, 0.717) is 18.0 Å². The average Bonchev–Trinajstić information content (AvgIpc) is 3.52. The van der Waals surface area contributed by atoms with Gasteiger partial charge in [-0.15, -0.1) is 0 Å². The molecule has 3 atom stereocenters. The first kappa shape index (κ1) is 23.4. The fourth-order valence-corrected chi connectivity index (χ4v) is 6.29. The molecule has 0 spiro atoms. The number of fused-ring (bicyclic) bond motifs is 1. The minimum Gasteiger partial charge on any atom is -0.370 e. The van der Waals surface area contributed by atoms with Crippen LogP contribution in [0.4, 0.5) is 17.5 Å². The summed E-state index contributed by atoms with van der Waals surface area (Å²) in [5.41, 5.74) is 2.30. The van der Waals surface area contributed by atoms with Crippen LogP contribution in [0, 0.1) is 12.8 Å². The predicted octanol–water partition coefficient (Wildman–Crippen LogP) is 4.47. The van der Waals surface area contributed by atoms with Crippen LogP contribution in [0.3, 0.4) is 0 Å². The monoisotopic (exact) mass is 502 g/mol. The van der Waals surface area contributed by atoms with E-state index in [1.165, 1.54) is 31.5 Å². The van der Waals surface area contributed by atoms with E-state index < -0.39 is 0 Å². The van der Waals surface area contributed by atoms with Crippen LogP contribution in [0.2, 0.25) is 0 Å². The van der Waals surface area contributed by atoms with E-state index in [-0.39, 0.29) is 0 Å². The summed E-state index contributed by atoms with van der Waals surface area (Å²) >= 11 is 1.62. The Morgan fingerprint density at radius 1 is 1.17 bits per heavy atom. The summed E-state index contributed by atoms with van der Waals surface area (Å²) < 4.78 is 0. The number of hydrogen-bond donors (Lipinski definition) is 2. The van der Waals surface area contributed by atoms with Gasteiger partial charge in [0.05, 0.1) is 6.04 Å². The molecule has 5 heterocycles. The second kappa shape index (κ2) is 9.78. The van der Waals surface area contributed by atoms with Crippen molar-refractivity contribution in [3.05, 3.63) is 64.9 Å². The van der Waals surface area contributed by atoms with E-state index >= 15 is 0 Å². The van der Waals surface area contributed by atoms with E-state index in [9.17, 15) is 0 Å². The van der Waals surface area contributed by atoms with Crippen molar-refractivity contribution in [2.45, 2.75) is 43.9 Å². The fourth-order valence-electron chi connectivity index (χ4n) is 5.46. The Hall–Kier alpha value is -3.04. The summed E-state index contributed by atoms with van der Waals surface area (Å²) in [7, 11) is 2.11. The van der Waals surface area contributed by atoms with Gasteiger partial charge in [-0.2, -0.15) is 5.10 Å². The van der Waals surface area contributed by atoms with Gasteiger partial charge in [-0.05, 0) is 80.5 Å². The number of nitrogens with zero attached hydrogens (tertiary/aromatic N) is 6. The maximum absolute atomic E-state index is 5.05. The van der Waals surface area contributed by atoms with E-state index in [1.54, 1.807) is 11.8 Å². The van der Waals surface area contributed by atoms with Crippen molar-refractivity contribution in [1.29, 1.82) is 0 Å². The highest BCUT2D eigenvalue weighted by atomic mass is 32.2. The first-order valence-corrected chi connectivity index (χ1v) is 13.7. The van der Waals surface area contributed by atoms with Gasteiger partial charge in [0.15, 0.2) is 11.0 Å². The Labute approximate surface area is 217 Å². The molecule has 3 aliphatic heterocycles. The third-order valence-corrected chi connectivity index (χ3v) is 8.34. The molecule has 2 aromatic rings. The lowest BCUT2D eigenvalue weighted by Gasteiger charge is -2.49. The largest absolute Gasteiger partial charge is 0.370 e.